The van der Waals surface area contributed by atoms with Crippen molar-refractivity contribution in [3.8, 4) is 0 Å². The van der Waals surface area contributed by atoms with Gasteiger partial charge in [-0.15, -0.1) is 0 Å². The second kappa shape index (κ2) is 41.5. The molecule has 0 radical (unpaired) electrons. The van der Waals surface area contributed by atoms with Gasteiger partial charge in [0, 0.05) is 6.42 Å². The molecule has 0 aliphatic carbocycles. The Kier molecular flexibility index (Phi) is 40.2. The molecule has 0 spiro atoms. The van der Waals surface area contributed by atoms with Gasteiger partial charge in [0.1, 0.15) is 6.10 Å². The molecular weight excluding hydrogens is 659 g/mol. The zero-order chi connectivity index (χ0) is 38.9. The molecule has 6 heteroatoms. The van der Waals surface area contributed by atoms with Crippen LogP contribution in [0.25, 0.3) is 0 Å². The number of carbonyl (C=O) groups excluding carboxylic acids is 2. The summed E-state index contributed by atoms with van der Waals surface area (Å²) in [5, 5.41) is 23.6. The molecule has 3 atom stereocenters. The quantitative estimate of drug-likeness (QED) is 0.0329. The number of nitrogens with one attached hydrogen (secondary N) is 1. The molecule has 53 heavy (non-hydrogen) atoms. The molecule has 0 aromatic carbocycles. The molecule has 0 heterocycles. The highest BCUT2D eigenvalue weighted by Crippen LogP contribution is 2.17. The summed E-state index contributed by atoms with van der Waals surface area (Å²) in [6, 6.07) is -0.705. The van der Waals surface area contributed by atoms with E-state index in [0.29, 0.717) is 19.3 Å². The lowest BCUT2D eigenvalue weighted by Crippen LogP contribution is -2.46. The van der Waals surface area contributed by atoms with Gasteiger partial charge in [0.15, 0.2) is 0 Å². The van der Waals surface area contributed by atoms with Crippen LogP contribution in [-0.2, 0) is 14.3 Å². The maximum atomic E-state index is 13.1. The van der Waals surface area contributed by atoms with E-state index in [2.05, 4.69) is 50.4 Å². The Labute approximate surface area is 329 Å². The summed E-state index contributed by atoms with van der Waals surface area (Å²) in [5.74, 6) is -0.511. The number of unbranched alkanes of at least 4 members (excludes halogenated alkanes) is 25. The minimum absolute atomic E-state index is 0.0564. The van der Waals surface area contributed by atoms with E-state index in [9.17, 15) is 19.8 Å². The molecule has 0 aromatic heterocycles. The number of carbonyl (C=O) groups is 2. The van der Waals surface area contributed by atoms with Crippen LogP contribution in [0.1, 0.15) is 239 Å². The van der Waals surface area contributed by atoms with Crippen LogP contribution in [0, 0.1) is 0 Å². The molecular formula is C47H89NO5. The molecule has 3 N–H and O–H groups in total. The molecule has 0 saturated heterocycles. The Hall–Kier alpha value is -1.66. The van der Waals surface area contributed by atoms with Crippen molar-refractivity contribution in [1.82, 2.24) is 5.32 Å². The van der Waals surface area contributed by atoms with Crippen molar-refractivity contribution in [1.29, 1.82) is 0 Å². The van der Waals surface area contributed by atoms with Crippen molar-refractivity contribution < 1.29 is 24.5 Å². The lowest BCUT2D eigenvalue weighted by molar-refractivity contribution is -0.151. The van der Waals surface area contributed by atoms with Crippen molar-refractivity contribution >= 4 is 11.9 Å². The number of hydrogen-bond donors (Lipinski definition) is 3. The summed E-state index contributed by atoms with van der Waals surface area (Å²) in [6.07, 6.45) is 45.2. The van der Waals surface area contributed by atoms with Gasteiger partial charge in [-0.1, -0.05) is 186 Å². The fourth-order valence-electron chi connectivity index (χ4n) is 6.96. The Morgan fingerprint density at radius 2 is 0.962 bits per heavy atom. The zero-order valence-corrected chi connectivity index (χ0v) is 35.4. The molecule has 0 aromatic rings. The fourth-order valence-corrected chi connectivity index (χ4v) is 6.96. The number of allylic oxidation sites excluding steroid dienone is 4. The van der Waals surface area contributed by atoms with Crippen molar-refractivity contribution in [3.63, 3.8) is 0 Å². The van der Waals surface area contributed by atoms with E-state index >= 15 is 0 Å². The largest absolute Gasteiger partial charge is 0.462 e. The number of amides is 1. The van der Waals surface area contributed by atoms with Crippen LogP contribution in [0.15, 0.2) is 24.3 Å². The smallest absolute Gasteiger partial charge is 0.306 e. The highest BCUT2D eigenvalue weighted by molar-refractivity contribution is 5.77. The van der Waals surface area contributed by atoms with Crippen molar-refractivity contribution in [2.75, 3.05) is 6.61 Å². The molecule has 0 saturated carbocycles. The number of hydrogen-bond acceptors (Lipinski definition) is 5. The normalized spacial score (nSPS) is 13.5. The number of esters is 1. The van der Waals surface area contributed by atoms with E-state index in [1.54, 1.807) is 0 Å². The summed E-state index contributed by atoms with van der Waals surface area (Å²) in [4.78, 5) is 25.9. The van der Waals surface area contributed by atoms with Gasteiger partial charge >= 0.3 is 5.97 Å². The van der Waals surface area contributed by atoms with Crippen LogP contribution in [0.4, 0.5) is 0 Å². The minimum Gasteiger partial charge on any atom is -0.462 e. The van der Waals surface area contributed by atoms with Crippen molar-refractivity contribution in [3.05, 3.63) is 24.3 Å². The second-order valence-corrected chi connectivity index (χ2v) is 15.8. The van der Waals surface area contributed by atoms with Crippen LogP contribution in [0.5, 0.6) is 0 Å². The Bertz CT molecular complexity index is 843. The van der Waals surface area contributed by atoms with Gasteiger partial charge in [-0.3, -0.25) is 9.59 Å². The molecule has 6 nitrogen and oxygen atoms in total. The highest BCUT2D eigenvalue weighted by Gasteiger charge is 2.24. The Balaban J connectivity index is 4.60. The third kappa shape index (κ3) is 37.1. The highest BCUT2D eigenvalue weighted by atomic mass is 16.5. The first-order valence-corrected chi connectivity index (χ1v) is 23.1. The predicted octanol–water partition coefficient (Wildman–Crippen LogP) is 13.2. The molecule has 1 amide bonds. The molecule has 312 valence electrons. The zero-order valence-electron chi connectivity index (χ0n) is 35.4. The van der Waals surface area contributed by atoms with Gasteiger partial charge < -0.3 is 20.3 Å². The monoisotopic (exact) mass is 748 g/mol. The SMILES string of the molecule is CCC/C=C\CCCCCCCC(=O)OC(CCC/C=C\CCCCCCCCC)CC(=O)NC(CO)C(O)CCCCCCCCCCCCCC. The fraction of sp³-hybridized carbons (Fsp3) is 0.872. The maximum absolute atomic E-state index is 13.1. The molecule has 0 bridgehead atoms. The van der Waals surface area contributed by atoms with Gasteiger partial charge in [-0.25, -0.2) is 0 Å². The predicted molar refractivity (Wildman–Crippen MR) is 227 cm³/mol. The van der Waals surface area contributed by atoms with Gasteiger partial charge in [0.05, 0.1) is 25.2 Å². The standard InChI is InChI=1S/C47H89NO5/c1-4-7-10-13-16-19-22-24-26-29-32-35-38-43(53-47(52)40-37-34-31-28-21-18-15-12-9-6-3)41-46(51)48-44(42-49)45(50)39-36-33-30-27-25-23-20-17-14-11-8-5-2/h12,15,26,29,43-45,49-50H,4-11,13-14,16-25,27-28,30-42H2,1-3H3,(H,48,51)/b15-12-,29-26-. The van der Waals surface area contributed by atoms with Crippen LogP contribution < -0.4 is 5.32 Å². The van der Waals surface area contributed by atoms with Crippen LogP contribution in [-0.4, -0.2) is 46.9 Å². The lowest BCUT2D eigenvalue weighted by atomic mass is 10.0. The molecule has 3 unspecified atom stereocenters. The Morgan fingerprint density at radius 1 is 0.528 bits per heavy atom. The average Bonchev–Trinajstić information content (AvgIpc) is 3.15. The first-order valence-electron chi connectivity index (χ1n) is 23.1. The number of rotatable bonds is 41. The van der Waals surface area contributed by atoms with Gasteiger partial charge in [-0.05, 0) is 64.2 Å². The third-order valence-electron chi connectivity index (χ3n) is 10.5. The molecule has 0 rings (SSSR count). The first kappa shape index (κ1) is 51.3. The molecule has 0 fully saturated rings. The van der Waals surface area contributed by atoms with E-state index in [0.717, 1.165) is 70.6 Å². The summed E-state index contributed by atoms with van der Waals surface area (Å²) in [5.41, 5.74) is 0. The summed E-state index contributed by atoms with van der Waals surface area (Å²) in [6.45, 7) is 6.40. The molecule has 0 aliphatic heterocycles. The summed E-state index contributed by atoms with van der Waals surface area (Å²) in [7, 11) is 0. The number of ether oxygens (including phenoxy) is 1. The van der Waals surface area contributed by atoms with Crippen molar-refractivity contribution in [2.24, 2.45) is 0 Å². The number of aliphatic hydroxyl groups excluding tert-OH is 2. The van der Waals surface area contributed by atoms with Crippen LogP contribution >= 0.6 is 0 Å². The Morgan fingerprint density at radius 3 is 1.45 bits per heavy atom. The van der Waals surface area contributed by atoms with E-state index in [1.807, 2.05) is 0 Å². The second-order valence-electron chi connectivity index (χ2n) is 15.8. The van der Waals surface area contributed by atoms with E-state index in [1.165, 1.54) is 122 Å². The lowest BCUT2D eigenvalue weighted by Gasteiger charge is -2.24. The van der Waals surface area contributed by atoms with E-state index < -0.39 is 18.2 Å². The van der Waals surface area contributed by atoms with Crippen LogP contribution in [0.2, 0.25) is 0 Å². The van der Waals surface area contributed by atoms with E-state index in [-0.39, 0.29) is 24.9 Å². The topological polar surface area (TPSA) is 95.9 Å². The maximum Gasteiger partial charge on any atom is 0.306 e. The van der Waals surface area contributed by atoms with E-state index in [4.69, 9.17) is 4.74 Å². The average molecular weight is 748 g/mol. The van der Waals surface area contributed by atoms with Crippen LogP contribution in [0.3, 0.4) is 0 Å². The molecule has 0 aliphatic rings. The van der Waals surface area contributed by atoms with Gasteiger partial charge in [-0.2, -0.15) is 0 Å². The van der Waals surface area contributed by atoms with Gasteiger partial charge in [0.2, 0.25) is 5.91 Å². The summed E-state index contributed by atoms with van der Waals surface area (Å²) >= 11 is 0. The van der Waals surface area contributed by atoms with Gasteiger partial charge in [0.25, 0.3) is 0 Å². The minimum atomic E-state index is -0.790. The summed E-state index contributed by atoms with van der Waals surface area (Å²) < 4.78 is 5.87. The van der Waals surface area contributed by atoms with Crippen molar-refractivity contribution in [2.45, 2.75) is 257 Å². The number of aliphatic hydroxyl groups is 2. The third-order valence-corrected chi connectivity index (χ3v) is 10.5. The first-order chi connectivity index (χ1) is 26.0.